The minimum atomic E-state index is -0.473. The van der Waals surface area contributed by atoms with Crippen LogP contribution in [0, 0.1) is 0 Å². The summed E-state index contributed by atoms with van der Waals surface area (Å²) in [5.74, 6) is 0. The first-order valence-electron chi connectivity index (χ1n) is 6.88. The van der Waals surface area contributed by atoms with Crippen LogP contribution in [0.25, 0.3) is 0 Å². The lowest BCUT2D eigenvalue weighted by Gasteiger charge is -2.14. The van der Waals surface area contributed by atoms with E-state index in [9.17, 15) is 5.11 Å². The second-order valence-corrected chi connectivity index (χ2v) is 4.96. The van der Waals surface area contributed by atoms with E-state index in [0.29, 0.717) is 6.54 Å². The number of aliphatic hydroxyl groups excluding tert-OH is 1. The van der Waals surface area contributed by atoms with Crippen molar-refractivity contribution in [2.45, 2.75) is 51.3 Å². The van der Waals surface area contributed by atoms with Crippen molar-refractivity contribution in [3.63, 3.8) is 0 Å². The van der Waals surface area contributed by atoms with Gasteiger partial charge in [0.15, 0.2) is 0 Å². The summed E-state index contributed by atoms with van der Waals surface area (Å²) in [6.45, 7) is 3.10. The Morgan fingerprint density at radius 3 is 2.17 bits per heavy atom. The summed E-state index contributed by atoms with van der Waals surface area (Å²) in [6.07, 6.45) is 5.53. The molecule has 0 radical (unpaired) electrons. The number of benzene rings is 1. The minimum absolute atomic E-state index is 0.182. The molecule has 0 saturated heterocycles. The maximum atomic E-state index is 9.42. The Hall–Kier alpha value is -0.900. The molecule has 3 nitrogen and oxygen atoms in total. The lowest BCUT2D eigenvalue weighted by Crippen LogP contribution is -2.39. The summed E-state index contributed by atoms with van der Waals surface area (Å²) in [5, 5.41) is 12.6. The van der Waals surface area contributed by atoms with Crippen molar-refractivity contribution in [2.24, 2.45) is 5.73 Å². The van der Waals surface area contributed by atoms with Gasteiger partial charge in [-0.3, -0.25) is 0 Å². The molecule has 4 N–H and O–H groups in total. The van der Waals surface area contributed by atoms with E-state index in [1.165, 1.54) is 31.2 Å². The highest BCUT2D eigenvalue weighted by molar-refractivity contribution is 5.14. The number of nitrogens with two attached hydrogens (primary N) is 1. The van der Waals surface area contributed by atoms with Crippen LogP contribution in [0.4, 0.5) is 0 Å². The fraction of sp³-hybridized carbons (Fsp3) is 0.600. The molecule has 1 aliphatic carbocycles. The third-order valence-corrected chi connectivity index (χ3v) is 3.13. The van der Waals surface area contributed by atoms with Crippen LogP contribution in [0.5, 0.6) is 0 Å². The van der Waals surface area contributed by atoms with Crippen molar-refractivity contribution >= 4 is 0 Å². The number of hydrogen-bond acceptors (Lipinski definition) is 3. The van der Waals surface area contributed by atoms with E-state index in [0.717, 1.165) is 6.54 Å². The molecule has 1 saturated carbocycles. The summed E-state index contributed by atoms with van der Waals surface area (Å²) in [6, 6.07) is 9.90. The topological polar surface area (TPSA) is 58.3 Å². The molecule has 2 rings (SSSR count). The van der Waals surface area contributed by atoms with Gasteiger partial charge in [0.1, 0.15) is 0 Å². The molecule has 1 fully saturated rings. The number of hydrogen-bond donors (Lipinski definition) is 3. The quantitative estimate of drug-likeness (QED) is 0.749. The predicted molar refractivity (Wildman–Crippen MR) is 76.3 cm³/mol. The molecular formula is C15H26N2O. The van der Waals surface area contributed by atoms with E-state index >= 15 is 0 Å². The molecule has 102 valence electrons. The second kappa shape index (κ2) is 9.09. The molecule has 3 heteroatoms. The Morgan fingerprint density at radius 1 is 1.17 bits per heavy atom. The molecule has 0 amide bonds. The highest BCUT2D eigenvalue weighted by atomic mass is 16.3. The summed E-state index contributed by atoms with van der Waals surface area (Å²) in [4.78, 5) is 0. The normalized spacial score (nSPS) is 17.1. The average Bonchev–Trinajstić information content (AvgIpc) is 2.28. The second-order valence-electron chi connectivity index (χ2n) is 4.96. The molecule has 0 spiro atoms. The van der Waals surface area contributed by atoms with E-state index in [-0.39, 0.29) is 6.04 Å². The van der Waals surface area contributed by atoms with Gasteiger partial charge in [0, 0.05) is 19.1 Å². The first kappa shape index (κ1) is 15.2. The summed E-state index contributed by atoms with van der Waals surface area (Å²) < 4.78 is 0. The number of rotatable bonds is 5. The molecule has 1 aromatic rings. The van der Waals surface area contributed by atoms with Crippen molar-refractivity contribution in [1.29, 1.82) is 0 Å². The molecule has 1 aliphatic rings. The van der Waals surface area contributed by atoms with Gasteiger partial charge >= 0.3 is 0 Å². The minimum Gasteiger partial charge on any atom is -0.390 e. The Morgan fingerprint density at radius 2 is 1.72 bits per heavy atom. The van der Waals surface area contributed by atoms with Crippen LogP contribution in [0.3, 0.4) is 0 Å². The van der Waals surface area contributed by atoms with Crippen LogP contribution in [0.2, 0.25) is 0 Å². The lowest BCUT2D eigenvalue weighted by molar-refractivity contribution is 0.148. The molecular weight excluding hydrogens is 224 g/mol. The Kier molecular flexibility index (Phi) is 7.65. The van der Waals surface area contributed by atoms with E-state index in [1.54, 1.807) is 6.92 Å². The Labute approximate surface area is 110 Å². The van der Waals surface area contributed by atoms with E-state index in [4.69, 9.17) is 5.73 Å². The van der Waals surface area contributed by atoms with Gasteiger partial charge in [0.25, 0.3) is 0 Å². The van der Waals surface area contributed by atoms with Crippen LogP contribution >= 0.6 is 0 Å². The average molecular weight is 250 g/mol. The van der Waals surface area contributed by atoms with E-state index in [1.807, 2.05) is 30.3 Å². The van der Waals surface area contributed by atoms with Gasteiger partial charge in [0.05, 0.1) is 6.10 Å². The van der Waals surface area contributed by atoms with Crippen molar-refractivity contribution in [1.82, 2.24) is 5.32 Å². The molecule has 0 aliphatic heterocycles. The zero-order valence-corrected chi connectivity index (χ0v) is 11.3. The fourth-order valence-electron chi connectivity index (χ4n) is 1.40. The predicted octanol–water partition coefficient (Wildman–Crippen LogP) is 2.04. The van der Waals surface area contributed by atoms with Crippen molar-refractivity contribution in [3.05, 3.63) is 35.9 Å². The summed E-state index contributed by atoms with van der Waals surface area (Å²) in [7, 11) is 0. The van der Waals surface area contributed by atoms with Gasteiger partial charge in [-0.1, -0.05) is 56.0 Å². The summed E-state index contributed by atoms with van der Waals surface area (Å²) >= 11 is 0. The zero-order chi connectivity index (χ0) is 13.2. The van der Waals surface area contributed by atoms with Gasteiger partial charge in [-0.2, -0.15) is 0 Å². The lowest BCUT2D eigenvalue weighted by atomic mass is 10.0. The Bertz CT molecular complexity index is 293. The smallest absolute Gasteiger partial charge is 0.0812 e. The highest BCUT2D eigenvalue weighted by Crippen LogP contribution is 2.15. The standard InChI is InChI=1S/C11H18N2O.C4H8/c1-9(12)11(14)8-13-7-10-5-3-2-4-6-10;1-2-4-3-1/h2-6,9,11,13-14H,7-8,12H2,1H3;1-4H2/t9?,11-;/m0./s1. The molecule has 0 aromatic heterocycles. The number of aliphatic hydroxyl groups is 1. The van der Waals surface area contributed by atoms with Crippen LogP contribution in [-0.2, 0) is 6.54 Å². The zero-order valence-electron chi connectivity index (χ0n) is 11.3. The van der Waals surface area contributed by atoms with E-state index in [2.05, 4.69) is 5.32 Å². The third kappa shape index (κ3) is 6.74. The molecule has 1 aromatic carbocycles. The van der Waals surface area contributed by atoms with Crippen LogP contribution in [0.15, 0.2) is 30.3 Å². The number of nitrogens with one attached hydrogen (secondary N) is 1. The molecule has 0 bridgehead atoms. The van der Waals surface area contributed by atoms with Gasteiger partial charge in [-0.15, -0.1) is 0 Å². The molecule has 2 atom stereocenters. The van der Waals surface area contributed by atoms with Crippen LogP contribution in [0.1, 0.15) is 38.2 Å². The van der Waals surface area contributed by atoms with Crippen molar-refractivity contribution < 1.29 is 5.11 Å². The first-order chi connectivity index (χ1) is 8.70. The van der Waals surface area contributed by atoms with Crippen molar-refractivity contribution in [3.8, 4) is 0 Å². The molecule has 18 heavy (non-hydrogen) atoms. The summed E-state index contributed by atoms with van der Waals surface area (Å²) in [5.41, 5.74) is 6.74. The Balaban J connectivity index is 0.000000341. The molecule has 1 unspecified atom stereocenters. The monoisotopic (exact) mass is 250 g/mol. The van der Waals surface area contributed by atoms with E-state index < -0.39 is 6.10 Å². The third-order valence-electron chi connectivity index (χ3n) is 3.13. The van der Waals surface area contributed by atoms with Crippen molar-refractivity contribution in [2.75, 3.05) is 6.54 Å². The molecule has 0 heterocycles. The van der Waals surface area contributed by atoms with Gasteiger partial charge < -0.3 is 16.2 Å². The maximum Gasteiger partial charge on any atom is 0.0812 e. The largest absolute Gasteiger partial charge is 0.390 e. The first-order valence-corrected chi connectivity index (χ1v) is 6.88. The van der Waals surface area contributed by atoms with Gasteiger partial charge in [0.2, 0.25) is 0 Å². The van der Waals surface area contributed by atoms with Crippen LogP contribution in [-0.4, -0.2) is 23.8 Å². The maximum absolute atomic E-state index is 9.42. The SMILES string of the molecule is C1CCC1.CC(N)[C@@H](O)CNCc1ccccc1. The van der Waals surface area contributed by atoms with Gasteiger partial charge in [-0.25, -0.2) is 0 Å². The highest BCUT2D eigenvalue weighted by Gasteiger charge is 2.07. The van der Waals surface area contributed by atoms with Crippen LogP contribution < -0.4 is 11.1 Å². The van der Waals surface area contributed by atoms with Gasteiger partial charge in [-0.05, 0) is 12.5 Å². The fourth-order valence-corrected chi connectivity index (χ4v) is 1.40.